The first kappa shape index (κ1) is 19.5. The second-order valence-electron chi connectivity index (χ2n) is 5.77. The maximum atomic E-state index is 13.2. The van der Waals surface area contributed by atoms with Crippen LogP contribution in [0.4, 0.5) is 13.2 Å². The Balaban J connectivity index is 2.40. The van der Waals surface area contributed by atoms with Gasteiger partial charge in [-0.2, -0.15) is 13.2 Å². The zero-order valence-electron chi connectivity index (χ0n) is 14.8. The van der Waals surface area contributed by atoms with Gasteiger partial charge in [0.15, 0.2) is 5.82 Å². The van der Waals surface area contributed by atoms with Gasteiger partial charge < -0.3 is 4.74 Å². The Morgan fingerprint density at radius 2 is 2.00 bits per heavy atom. The lowest BCUT2D eigenvalue weighted by Gasteiger charge is -2.14. The summed E-state index contributed by atoms with van der Waals surface area (Å²) in [6.45, 7) is 9.04. The van der Waals surface area contributed by atoms with Gasteiger partial charge >= 0.3 is 6.18 Å². The van der Waals surface area contributed by atoms with Crippen molar-refractivity contribution < 1.29 is 17.9 Å². The fourth-order valence-electron chi connectivity index (χ4n) is 2.16. The van der Waals surface area contributed by atoms with Crippen molar-refractivity contribution in [2.45, 2.75) is 33.1 Å². The lowest BCUT2D eigenvalue weighted by molar-refractivity contribution is -0.137. The maximum Gasteiger partial charge on any atom is 0.416 e. The minimum atomic E-state index is -4.49. The highest BCUT2D eigenvalue weighted by Crippen LogP contribution is 2.35. The third kappa shape index (κ3) is 5.08. The first-order valence-electron chi connectivity index (χ1n) is 8.00. The Bertz CT molecular complexity index is 833. The highest BCUT2D eigenvalue weighted by Gasteiger charge is 2.32. The molecule has 0 saturated carbocycles. The molecule has 0 atom stereocenters. The summed E-state index contributed by atoms with van der Waals surface area (Å²) in [5, 5.41) is 4.20. The molecule has 0 aliphatic carbocycles. The highest BCUT2D eigenvalue weighted by atomic mass is 19.4. The lowest BCUT2D eigenvalue weighted by Crippen LogP contribution is -2.09. The van der Waals surface area contributed by atoms with Gasteiger partial charge in [0.25, 0.3) is 0 Å². The van der Waals surface area contributed by atoms with Crippen LogP contribution in [0.15, 0.2) is 54.9 Å². The van der Waals surface area contributed by atoms with Crippen LogP contribution in [-0.4, -0.2) is 20.9 Å². The molecule has 0 amide bonds. The number of hydrogen-bond acceptors (Lipinski definition) is 3. The van der Waals surface area contributed by atoms with E-state index in [1.807, 2.05) is 13.0 Å². The average Bonchev–Trinajstić information content (AvgIpc) is 3.03. The van der Waals surface area contributed by atoms with Gasteiger partial charge in [-0.3, -0.25) is 0 Å². The molecule has 0 radical (unpaired) electrons. The van der Waals surface area contributed by atoms with Crippen LogP contribution >= 0.6 is 0 Å². The number of hydrogen-bond donors (Lipinski definition) is 0. The summed E-state index contributed by atoms with van der Waals surface area (Å²) < 4.78 is 46.4. The molecule has 7 heteroatoms. The van der Waals surface area contributed by atoms with E-state index < -0.39 is 11.7 Å². The first-order chi connectivity index (χ1) is 12.2. The van der Waals surface area contributed by atoms with Crippen molar-refractivity contribution in [2.24, 2.45) is 0 Å². The number of rotatable bonds is 6. The van der Waals surface area contributed by atoms with Crippen molar-refractivity contribution >= 4 is 6.20 Å². The standard InChI is InChI=1S/C19H20F3N3O/c1-5-14(6-2)7-8-25-12-23-18(24-25)15-9-16(19(20,21)22)11-17(10-15)26-13(3)4/h5-13H,1H2,2-4H3/b8-7+,14-6+. The molecule has 0 N–H and O–H groups in total. The quantitative estimate of drug-likeness (QED) is 0.649. The van der Waals surface area contributed by atoms with Crippen LogP contribution in [0.5, 0.6) is 5.75 Å². The molecular formula is C19H20F3N3O. The monoisotopic (exact) mass is 363 g/mol. The molecular weight excluding hydrogens is 343 g/mol. The van der Waals surface area contributed by atoms with Gasteiger partial charge in [0, 0.05) is 11.8 Å². The van der Waals surface area contributed by atoms with Crippen molar-refractivity contribution in [3.63, 3.8) is 0 Å². The van der Waals surface area contributed by atoms with E-state index in [9.17, 15) is 13.2 Å². The number of ether oxygens (including phenoxy) is 1. The molecule has 0 spiro atoms. The Morgan fingerprint density at radius 3 is 2.58 bits per heavy atom. The summed E-state index contributed by atoms with van der Waals surface area (Å²) >= 11 is 0. The molecule has 0 aliphatic rings. The van der Waals surface area contributed by atoms with Crippen molar-refractivity contribution in [3.05, 3.63) is 60.5 Å². The number of allylic oxidation sites excluding steroid dienone is 4. The molecule has 26 heavy (non-hydrogen) atoms. The second kappa shape index (κ2) is 8.03. The average molecular weight is 363 g/mol. The molecule has 1 aromatic heterocycles. The van der Waals surface area contributed by atoms with Crippen LogP contribution in [0.1, 0.15) is 26.3 Å². The third-order valence-electron chi connectivity index (χ3n) is 3.36. The molecule has 4 nitrogen and oxygen atoms in total. The van der Waals surface area contributed by atoms with E-state index in [4.69, 9.17) is 4.74 Å². The van der Waals surface area contributed by atoms with Crippen molar-refractivity contribution in [3.8, 4) is 17.1 Å². The molecule has 0 aliphatic heterocycles. The molecule has 0 bridgehead atoms. The van der Waals surface area contributed by atoms with Crippen LogP contribution in [0, 0.1) is 0 Å². The van der Waals surface area contributed by atoms with Gasteiger partial charge in [0.05, 0.1) is 11.7 Å². The summed E-state index contributed by atoms with van der Waals surface area (Å²) in [5.41, 5.74) is 0.312. The van der Waals surface area contributed by atoms with E-state index in [2.05, 4.69) is 16.7 Å². The lowest BCUT2D eigenvalue weighted by atomic mass is 10.1. The molecule has 1 aromatic carbocycles. The molecule has 1 heterocycles. The zero-order chi connectivity index (χ0) is 19.3. The van der Waals surface area contributed by atoms with Crippen molar-refractivity contribution in [2.75, 3.05) is 0 Å². The van der Waals surface area contributed by atoms with Crippen LogP contribution < -0.4 is 4.74 Å². The third-order valence-corrected chi connectivity index (χ3v) is 3.36. The number of alkyl halides is 3. The van der Waals surface area contributed by atoms with Gasteiger partial charge in [-0.25, -0.2) is 9.67 Å². The zero-order valence-corrected chi connectivity index (χ0v) is 14.8. The minimum Gasteiger partial charge on any atom is -0.491 e. The fourth-order valence-corrected chi connectivity index (χ4v) is 2.16. The van der Waals surface area contributed by atoms with Crippen LogP contribution in [0.3, 0.4) is 0 Å². The van der Waals surface area contributed by atoms with Gasteiger partial charge in [-0.1, -0.05) is 18.7 Å². The van der Waals surface area contributed by atoms with Gasteiger partial charge in [0.1, 0.15) is 12.1 Å². The Labute approximate surface area is 150 Å². The van der Waals surface area contributed by atoms with Gasteiger partial charge in [-0.05, 0) is 50.6 Å². The summed E-state index contributed by atoms with van der Waals surface area (Å²) in [5.74, 6) is 0.301. The summed E-state index contributed by atoms with van der Waals surface area (Å²) in [6, 6.07) is 3.49. The second-order valence-corrected chi connectivity index (χ2v) is 5.77. The van der Waals surface area contributed by atoms with E-state index in [0.29, 0.717) is 0 Å². The predicted octanol–water partition coefficient (Wildman–Crippen LogP) is 5.35. The van der Waals surface area contributed by atoms with E-state index in [1.54, 1.807) is 32.2 Å². The van der Waals surface area contributed by atoms with Gasteiger partial charge in [-0.15, -0.1) is 5.10 Å². The van der Waals surface area contributed by atoms with Crippen LogP contribution in [0.2, 0.25) is 0 Å². The van der Waals surface area contributed by atoms with Gasteiger partial charge in [0.2, 0.25) is 0 Å². The summed E-state index contributed by atoms with van der Waals surface area (Å²) in [7, 11) is 0. The minimum absolute atomic E-state index is 0.125. The summed E-state index contributed by atoms with van der Waals surface area (Å²) in [4.78, 5) is 4.09. The number of benzene rings is 1. The van der Waals surface area contributed by atoms with E-state index >= 15 is 0 Å². The molecule has 0 saturated heterocycles. The normalized spacial score (nSPS) is 12.8. The Kier molecular flexibility index (Phi) is 6.02. The molecule has 2 rings (SSSR count). The summed E-state index contributed by atoms with van der Waals surface area (Å²) in [6.07, 6.45) is 3.64. The number of halogens is 3. The predicted molar refractivity (Wildman–Crippen MR) is 95.5 cm³/mol. The largest absolute Gasteiger partial charge is 0.491 e. The first-order valence-corrected chi connectivity index (χ1v) is 8.00. The molecule has 138 valence electrons. The molecule has 0 unspecified atom stereocenters. The van der Waals surface area contributed by atoms with E-state index in [1.165, 1.54) is 17.1 Å². The topological polar surface area (TPSA) is 39.9 Å². The van der Waals surface area contributed by atoms with Crippen LogP contribution in [0.25, 0.3) is 17.6 Å². The number of aromatic nitrogens is 3. The van der Waals surface area contributed by atoms with E-state index in [0.717, 1.165) is 17.7 Å². The SMILES string of the molecule is C=CC(/C=C/n1cnc(-c2cc(OC(C)C)cc(C(F)(F)F)c2)n1)=C\C. The number of nitrogens with zero attached hydrogens (tertiary/aromatic N) is 3. The highest BCUT2D eigenvalue weighted by molar-refractivity contribution is 5.59. The van der Waals surface area contributed by atoms with E-state index in [-0.39, 0.29) is 23.2 Å². The Hall–Kier alpha value is -2.83. The maximum absolute atomic E-state index is 13.2. The Morgan fingerprint density at radius 1 is 1.27 bits per heavy atom. The molecule has 0 fully saturated rings. The van der Waals surface area contributed by atoms with Crippen molar-refractivity contribution in [1.82, 2.24) is 14.8 Å². The molecule has 2 aromatic rings. The van der Waals surface area contributed by atoms with Crippen molar-refractivity contribution in [1.29, 1.82) is 0 Å². The fraction of sp³-hybridized carbons (Fsp3) is 0.263. The smallest absolute Gasteiger partial charge is 0.416 e. The van der Waals surface area contributed by atoms with Crippen LogP contribution in [-0.2, 0) is 6.18 Å².